The summed E-state index contributed by atoms with van der Waals surface area (Å²) in [5.41, 5.74) is 0.769. The van der Waals surface area contributed by atoms with Crippen LogP contribution in [0.25, 0.3) is 10.2 Å². The number of nitro groups is 1. The van der Waals surface area contributed by atoms with E-state index >= 15 is 0 Å². The van der Waals surface area contributed by atoms with E-state index < -0.39 is 4.92 Å². The van der Waals surface area contributed by atoms with Gasteiger partial charge in [0, 0.05) is 18.7 Å². The predicted molar refractivity (Wildman–Crippen MR) is 93.2 cm³/mol. The third-order valence-electron chi connectivity index (χ3n) is 2.99. The van der Waals surface area contributed by atoms with Gasteiger partial charge in [-0.3, -0.25) is 14.9 Å². The van der Waals surface area contributed by atoms with Gasteiger partial charge in [-0.1, -0.05) is 11.8 Å². The summed E-state index contributed by atoms with van der Waals surface area (Å²) in [6.45, 7) is 1.59. The van der Waals surface area contributed by atoms with E-state index in [9.17, 15) is 14.9 Å². The molecule has 0 spiro atoms. The van der Waals surface area contributed by atoms with Crippen molar-refractivity contribution < 1.29 is 9.72 Å². The fraction of sp³-hybridized carbons (Fsp3) is 0.429. The molecule has 0 radical (unpaired) electrons. The number of carbonyl (C=O) groups excluding carboxylic acids is 1. The largest absolute Gasteiger partial charge is 0.355 e. The van der Waals surface area contributed by atoms with Crippen LogP contribution in [0.1, 0.15) is 6.42 Å². The van der Waals surface area contributed by atoms with Crippen molar-refractivity contribution in [2.75, 3.05) is 32.9 Å². The van der Waals surface area contributed by atoms with Gasteiger partial charge in [-0.15, -0.1) is 11.3 Å². The molecule has 0 fully saturated rings. The van der Waals surface area contributed by atoms with E-state index in [1.54, 1.807) is 6.07 Å². The molecule has 7 nitrogen and oxygen atoms in total. The lowest BCUT2D eigenvalue weighted by molar-refractivity contribution is -0.384. The molecular formula is C14H18N4O3S2. The second-order valence-corrected chi connectivity index (χ2v) is 7.44. The second-order valence-electron chi connectivity index (χ2n) is 5.18. The van der Waals surface area contributed by atoms with Crippen LogP contribution in [0.3, 0.4) is 0 Å². The molecule has 0 bridgehead atoms. The van der Waals surface area contributed by atoms with Crippen LogP contribution >= 0.6 is 23.1 Å². The number of nitrogens with zero attached hydrogens (tertiary/aromatic N) is 3. The van der Waals surface area contributed by atoms with Gasteiger partial charge in [0.25, 0.3) is 5.69 Å². The molecule has 124 valence electrons. The van der Waals surface area contributed by atoms with E-state index in [1.165, 1.54) is 35.2 Å². The van der Waals surface area contributed by atoms with Crippen molar-refractivity contribution in [3.63, 3.8) is 0 Å². The first-order valence-corrected chi connectivity index (χ1v) is 8.85. The minimum atomic E-state index is -0.423. The molecule has 1 aromatic carbocycles. The zero-order valence-electron chi connectivity index (χ0n) is 12.9. The van der Waals surface area contributed by atoms with Crippen LogP contribution in [0.15, 0.2) is 22.5 Å². The first-order valence-electron chi connectivity index (χ1n) is 7.05. The molecule has 2 aromatic rings. The van der Waals surface area contributed by atoms with E-state index in [-0.39, 0.29) is 11.6 Å². The van der Waals surface area contributed by atoms with Crippen LogP contribution in [0.5, 0.6) is 0 Å². The van der Waals surface area contributed by atoms with Crippen LogP contribution in [0.4, 0.5) is 5.69 Å². The normalized spacial score (nSPS) is 11.1. The second kappa shape index (κ2) is 8.23. The first kappa shape index (κ1) is 17.6. The van der Waals surface area contributed by atoms with E-state index in [0.717, 1.165) is 27.5 Å². The van der Waals surface area contributed by atoms with Crippen LogP contribution in [0, 0.1) is 10.1 Å². The molecular weight excluding hydrogens is 336 g/mol. The van der Waals surface area contributed by atoms with Crippen molar-refractivity contribution in [3.8, 4) is 0 Å². The lowest BCUT2D eigenvalue weighted by atomic mass is 10.3. The summed E-state index contributed by atoms with van der Waals surface area (Å²) in [6, 6.07) is 4.59. The quantitative estimate of drug-likeness (QED) is 0.339. The van der Waals surface area contributed by atoms with Crippen molar-refractivity contribution in [2.45, 2.75) is 10.8 Å². The number of amides is 1. The number of thioether (sulfide) groups is 1. The third kappa shape index (κ3) is 5.45. The Morgan fingerprint density at radius 1 is 1.48 bits per heavy atom. The van der Waals surface area contributed by atoms with Crippen molar-refractivity contribution in [2.24, 2.45) is 0 Å². The fourth-order valence-electron chi connectivity index (χ4n) is 1.87. The smallest absolute Gasteiger partial charge is 0.270 e. The SMILES string of the molecule is CN(C)CCCNC(=O)CSc1nc2ccc([N+](=O)[O-])cc2s1. The first-order chi connectivity index (χ1) is 11.0. The Morgan fingerprint density at radius 2 is 2.26 bits per heavy atom. The Morgan fingerprint density at radius 3 is 2.96 bits per heavy atom. The van der Waals surface area contributed by atoms with Crippen molar-refractivity contribution in [3.05, 3.63) is 28.3 Å². The van der Waals surface area contributed by atoms with Crippen LogP contribution in [-0.2, 0) is 4.79 Å². The minimum absolute atomic E-state index is 0.0287. The molecule has 0 unspecified atom stereocenters. The predicted octanol–water partition coefficient (Wildman–Crippen LogP) is 2.36. The summed E-state index contributed by atoms with van der Waals surface area (Å²) in [4.78, 5) is 28.5. The van der Waals surface area contributed by atoms with Crippen LogP contribution < -0.4 is 5.32 Å². The number of rotatable bonds is 8. The van der Waals surface area contributed by atoms with E-state index in [1.807, 2.05) is 14.1 Å². The number of hydrogen-bond acceptors (Lipinski definition) is 7. The summed E-state index contributed by atoms with van der Waals surface area (Å²) in [5.74, 6) is 0.267. The Hall–Kier alpha value is -1.71. The van der Waals surface area contributed by atoms with E-state index in [4.69, 9.17) is 0 Å². The maximum Gasteiger partial charge on any atom is 0.270 e. The average Bonchev–Trinajstić information content (AvgIpc) is 2.91. The Kier molecular flexibility index (Phi) is 6.31. The van der Waals surface area contributed by atoms with Crippen molar-refractivity contribution in [1.29, 1.82) is 0 Å². The standard InChI is InChI=1S/C14H18N4O3S2/c1-17(2)7-3-6-15-13(19)9-22-14-16-11-5-4-10(18(20)21)8-12(11)23-14/h4-5,8H,3,6-7,9H2,1-2H3,(H,15,19). The number of nitrogens with one attached hydrogen (secondary N) is 1. The number of benzene rings is 1. The number of hydrogen-bond donors (Lipinski definition) is 1. The molecule has 0 aliphatic rings. The molecule has 23 heavy (non-hydrogen) atoms. The van der Waals surface area contributed by atoms with Crippen LogP contribution in [0.2, 0.25) is 0 Å². The zero-order valence-corrected chi connectivity index (χ0v) is 14.6. The Labute approximate surface area is 142 Å². The van der Waals surface area contributed by atoms with Gasteiger partial charge in [0.2, 0.25) is 5.91 Å². The molecule has 0 atom stereocenters. The molecule has 1 N–H and O–H groups in total. The number of non-ortho nitro benzene ring substituents is 1. The number of fused-ring (bicyclic) bond motifs is 1. The van der Waals surface area contributed by atoms with Gasteiger partial charge < -0.3 is 10.2 Å². The average molecular weight is 354 g/mol. The topological polar surface area (TPSA) is 88.4 Å². The molecule has 9 heteroatoms. The monoisotopic (exact) mass is 354 g/mol. The highest BCUT2D eigenvalue weighted by Gasteiger charge is 2.11. The minimum Gasteiger partial charge on any atom is -0.355 e. The van der Waals surface area contributed by atoms with Gasteiger partial charge in [0.05, 0.1) is 20.9 Å². The maximum absolute atomic E-state index is 11.8. The lowest BCUT2D eigenvalue weighted by Gasteiger charge is -2.09. The molecule has 1 amide bonds. The fourth-order valence-corrected chi connectivity index (χ4v) is 3.80. The highest BCUT2D eigenvalue weighted by molar-refractivity contribution is 8.01. The molecule has 0 aliphatic carbocycles. The molecule has 0 saturated carbocycles. The molecule has 0 aliphatic heterocycles. The Bertz CT molecular complexity index is 702. The van der Waals surface area contributed by atoms with E-state index in [2.05, 4.69) is 15.2 Å². The van der Waals surface area contributed by atoms with Gasteiger partial charge in [0.1, 0.15) is 0 Å². The van der Waals surface area contributed by atoms with Crippen molar-refractivity contribution >= 4 is 44.9 Å². The van der Waals surface area contributed by atoms with E-state index in [0.29, 0.717) is 12.3 Å². The summed E-state index contributed by atoms with van der Waals surface area (Å²) >= 11 is 2.71. The van der Waals surface area contributed by atoms with Crippen molar-refractivity contribution in [1.82, 2.24) is 15.2 Å². The summed E-state index contributed by atoms with van der Waals surface area (Å²) in [7, 11) is 3.99. The van der Waals surface area contributed by atoms with Gasteiger partial charge in [-0.2, -0.15) is 0 Å². The van der Waals surface area contributed by atoms with Crippen LogP contribution in [-0.4, -0.2) is 53.7 Å². The highest BCUT2D eigenvalue weighted by Crippen LogP contribution is 2.31. The number of nitro benzene ring substituents is 1. The molecule has 1 aromatic heterocycles. The summed E-state index contributed by atoms with van der Waals surface area (Å²) < 4.78 is 1.50. The number of aromatic nitrogens is 1. The zero-order chi connectivity index (χ0) is 16.8. The summed E-state index contributed by atoms with van der Waals surface area (Å²) in [5, 5.41) is 13.6. The number of thiazole rings is 1. The van der Waals surface area contributed by atoms with Gasteiger partial charge >= 0.3 is 0 Å². The molecule has 0 saturated heterocycles. The van der Waals surface area contributed by atoms with Gasteiger partial charge in [-0.25, -0.2) is 4.98 Å². The maximum atomic E-state index is 11.8. The molecule has 1 heterocycles. The number of carbonyl (C=O) groups is 1. The van der Waals surface area contributed by atoms with Gasteiger partial charge in [-0.05, 0) is 33.1 Å². The molecule has 2 rings (SSSR count). The summed E-state index contributed by atoms with van der Waals surface area (Å²) in [6.07, 6.45) is 0.911. The van der Waals surface area contributed by atoms with Gasteiger partial charge in [0.15, 0.2) is 4.34 Å². The lowest BCUT2D eigenvalue weighted by Crippen LogP contribution is -2.28. The highest BCUT2D eigenvalue weighted by atomic mass is 32.2. The Balaban J connectivity index is 1.84. The third-order valence-corrected chi connectivity index (χ3v) is 5.16.